The molecular formula is C18H22N4O2. The van der Waals surface area contributed by atoms with Gasteiger partial charge in [0.05, 0.1) is 12.7 Å². The van der Waals surface area contributed by atoms with Crippen LogP contribution in [0.1, 0.15) is 19.3 Å². The molecule has 6 heteroatoms. The molecule has 2 aromatic heterocycles. The van der Waals surface area contributed by atoms with Crippen molar-refractivity contribution in [3.63, 3.8) is 0 Å². The molecule has 2 aliphatic rings. The lowest BCUT2D eigenvalue weighted by Crippen LogP contribution is -2.57. The van der Waals surface area contributed by atoms with Gasteiger partial charge < -0.3 is 14.4 Å². The molecule has 0 radical (unpaired) electrons. The average Bonchev–Trinajstić information content (AvgIpc) is 2.67. The molecule has 0 unspecified atom stereocenters. The van der Waals surface area contributed by atoms with Gasteiger partial charge in [-0.15, -0.1) is 0 Å². The smallest absolute Gasteiger partial charge is 0.225 e. The Morgan fingerprint density at radius 2 is 2.04 bits per heavy atom. The van der Waals surface area contributed by atoms with E-state index in [0.717, 1.165) is 44.9 Å². The van der Waals surface area contributed by atoms with Crippen molar-refractivity contribution in [3.05, 3.63) is 42.9 Å². The largest absolute Gasteiger partial charge is 0.477 e. The van der Waals surface area contributed by atoms with Crippen molar-refractivity contribution >= 4 is 5.95 Å². The third-order valence-electron chi connectivity index (χ3n) is 4.97. The van der Waals surface area contributed by atoms with E-state index in [4.69, 9.17) is 9.47 Å². The van der Waals surface area contributed by atoms with Crippen LogP contribution in [0, 0.1) is 5.41 Å². The molecule has 2 fully saturated rings. The van der Waals surface area contributed by atoms with Gasteiger partial charge in [-0.25, -0.2) is 15.0 Å². The van der Waals surface area contributed by atoms with Gasteiger partial charge in [-0.3, -0.25) is 0 Å². The number of nitrogens with zero attached hydrogens (tertiary/aromatic N) is 4. The van der Waals surface area contributed by atoms with Crippen molar-refractivity contribution in [2.45, 2.75) is 25.4 Å². The van der Waals surface area contributed by atoms with E-state index < -0.39 is 0 Å². The van der Waals surface area contributed by atoms with E-state index >= 15 is 0 Å². The molecular weight excluding hydrogens is 304 g/mol. The number of fused-ring (bicyclic) bond motifs is 1. The van der Waals surface area contributed by atoms with Crippen molar-refractivity contribution in [1.29, 1.82) is 0 Å². The normalized spacial score (nSPS) is 26.7. The lowest BCUT2D eigenvalue weighted by atomic mass is 9.73. The summed E-state index contributed by atoms with van der Waals surface area (Å²) in [4.78, 5) is 15.4. The molecule has 0 aliphatic carbocycles. The number of pyridine rings is 1. The zero-order chi connectivity index (χ0) is 16.2. The van der Waals surface area contributed by atoms with Crippen LogP contribution < -0.4 is 9.64 Å². The summed E-state index contributed by atoms with van der Waals surface area (Å²) in [5.41, 5.74) is -0.0345. The zero-order valence-corrected chi connectivity index (χ0v) is 13.7. The summed E-state index contributed by atoms with van der Waals surface area (Å²) < 4.78 is 12.1. The topological polar surface area (TPSA) is 60.4 Å². The number of ether oxygens (including phenoxy) is 2. The summed E-state index contributed by atoms with van der Waals surface area (Å²) in [5, 5.41) is 0. The predicted octanol–water partition coefficient (Wildman–Crippen LogP) is 2.33. The Morgan fingerprint density at radius 1 is 1.17 bits per heavy atom. The summed E-state index contributed by atoms with van der Waals surface area (Å²) in [5.74, 6) is 1.46. The van der Waals surface area contributed by atoms with E-state index in [1.165, 1.54) is 0 Å². The van der Waals surface area contributed by atoms with Crippen LogP contribution in [0.2, 0.25) is 0 Å². The predicted molar refractivity (Wildman–Crippen MR) is 90.0 cm³/mol. The Bertz CT molecular complexity index is 655. The molecule has 0 aromatic carbocycles. The lowest BCUT2D eigenvalue weighted by molar-refractivity contribution is -0.110. The van der Waals surface area contributed by atoms with Crippen LogP contribution in [-0.4, -0.2) is 47.4 Å². The quantitative estimate of drug-likeness (QED) is 0.859. The summed E-state index contributed by atoms with van der Waals surface area (Å²) >= 11 is 0. The molecule has 0 bridgehead atoms. The van der Waals surface area contributed by atoms with Crippen molar-refractivity contribution in [1.82, 2.24) is 15.0 Å². The van der Waals surface area contributed by atoms with Gasteiger partial charge in [0, 0.05) is 49.8 Å². The molecule has 2 aliphatic heterocycles. The van der Waals surface area contributed by atoms with Crippen LogP contribution in [0.3, 0.4) is 0 Å². The van der Waals surface area contributed by atoms with Gasteiger partial charge in [-0.2, -0.15) is 0 Å². The molecule has 0 spiro atoms. The first-order chi connectivity index (χ1) is 11.9. The monoisotopic (exact) mass is 326 g/mol. The maximum absolute atomic E-state index is 6.09. The second kappa shape index (κ2) is 6.73. The van der Waals surface area contributed by atoms with Crippen molar-refractivity contribution in [2.75, 3.05) is 31.2 Å². The molecule has 126 valence electrons. The maximum atomic E-state index is 6.09. The molecule has 4 rings (SSSR count). The number of rotatable bonds is 4. The van der Waals surface area contributed by atoms with Crippen LogP contribution in [0.5, 0.6) is 5.88 Å². The highest BCUT2D eigenvalue weighted by Gasteiger charge is 2.47. The molecule has 2 atom stereocenters. The van der Waals surface area contributed by atoms with E-state index in [-0.39, 0.29) is 11.5 Å². The first kappa shape index (κ1) is 15.3. The fraction of sp³-hybridized carbons (Fsp3) is 0.500. The van der Waals surface area contributed by atoms with Gasteiger partial charge in [0.25, 0.3) is 0 Å². The van der Waals surface area contributed by atoms with E-state index in [9.17, 15) is 0 Å². The minimum atomic E-state index is -0.0345. The molecule has 2 saturated heterocycles. The fourth-order valence-electron chi connectivity index (χ4n) is 3.78. The summed E-state index contributed by atoms with van der Waals surface area (Å²) in [6.45, 7) is 3.23. The van der Waals surface area contributed by atoms with Crippen LogP contribution in [-0.2, 0) is 4.74 Å². The van der Waals surface area contributed by atoms with Crippen molar-refractivity contribution in [3.8, 4) is 5.88 Å². The molecule has 4 heterocycles. The molecule has 6 nitrogen and oxygen atoms in total. The first-order valence-electron chi connectivity index (χ1n) is 8.53. The molecule has 0 saturated carbocycles. The Hall–Kier alpha value is -2.21. The molecule has 2 aromatic rings. The second-order valence-corrected chi connectivity index (χ2v) is 6.54. The van der Waals surface area contributed by atoms with E-state index in [1.54, 1.807) is 18.6 Å². The van der Waals surface area contributed by atoms with Crippen LogP contribution in [0.4, 0.5) is 5.95 Å². The van der Waals surface area contributed by atoms with Gasteiger partial charge in [-0.1, -0.05) is 6.07 Å². The third-order valence-corrected chi connectivity index (χ3v) is 4.97. The number of aromatic nitrogens is 3. The Labute approximate surface area is 141 Å². The van der Waals surface area contributed by atoms with E-state index in [1.807, 2.05) is 24.3 Å². The van der Waals surface area contributed by atoms with Gasteiger partial charge in [-0.05, 0) is 31.4 Å². The first-order valence-corrected chi connectivity index (χ1v) is 8.53. The van der Waals surface area contributed by atoms with Gasteiger partial charge in [0.1, 0.15) is 0 Å². The lowest BCUT2D eigenvalue weighted by Gasteiger charge is -2.50. The minimum Gasteiger partial charge on any atom is -0.477 e. The molecule has 0 amide bonds. The van der Waals surface area contributed by atoms with Crippen LogP contribution >= 0.6 is 0 Å². The van der Waals surface area contributed by atoms with Gasteiger partial charge in [0.15, 0.2) is 0 Å². The maximum Gasteiger partial charge on any atom is 0.225 e. The highest BCUT2D eigenvalue weighted by atomic mass is 16.5. The highest BCUT2D eigenvalue weighted by Crippen LogP contribution is 2.41. The number of anilines is 1. The van der Waals surface area contributed by atoms with Gasteiger partial charge >= 0.3 is 0 Å². The fourth-order valence-corrected chi connectivity index (χ4v) is 3.78. The second-order valence-electron chi connectivity index (χ2n) is 6.54. The SMILES string of the molecule is c1ccc(OC[C@]23CCCO[C@H]2CCN(c2ncccn2)C3)nc1. The number of piperidine rings is 1. The summed E-state index contributed by atoms with van der Waals surface area (Å²) in [7, 11) is 0. The van der Waals surface area contributed by atoms with Crippen molar-refractivity contribution < 1.29 is 9.47 Å². The number of hydrogen-bond acceptors (Lipinski definition) is 6. The molecule has 0 N–H and O–H groups in total. The van der Waals surface area contributed by atoms with E-state index in [0.29, 0.717) is 12.5 Å². The third kappa shape index (κ3) is 3.06. The zero-order valence-electron chi connectivity index (χ0n) is 13.7. The summed E-state index contributed by atoms with van der Waals surface area (Å²) in [6, 6.07) is 7.59. The minimum absolute atomic E-state index is 0.0345. The van der Waals surface area contributed by atoms with Crippen molar-refractivity contribution in [2.24, 2.45) is 5.41 Å². The number of hydrogen-bond donors (Lipinski definition) is 0. The highest BCUT2D eigenvalue weighted by molar-refractivity contribution is 5.31. The molecule has 24 heavy (non-hydrogen) atoms. The Morgan fingerprint density at radius 3 is 2.88 bits per heavy atom. The van der Waals surface area contributed by atoms with Gasteiger partial charge in [0.2, 0.25) is 11.8 Å². The Kier molecular flexibility index (Phi) is 4.30. The average molecular weight is 326 g/mol. The summed E-state index contributed by atoms with van der Waals surface area (Å²) in [6.07, 6.45) is 8.71. The van der Waals surface area contributed by atoms with E-state index in [2.05, 4.69) is 19.9 Å². The van der Waals surface area contributed by atoms with Crippen LogP contribution in [0.15, 0.2) is 42.9 Å². The van der Waals surface area contributed by atoms with Crippen LogP contribution in [0.25, 0.3) is 0 Å². The standard InChI is InChI=1S/C18H22N4O2/c1-2-8-19-16(5-1)24-14-18-7-3-12-23-15(18)6-11-22(13-18)17-20-9-4-10-21-17/h1-2,4-5,8-10,15H,3,6-7,11-14H2/t15-,18+/m0/s1. The Balaban J connectivity index is 1.53.